The average molecular weight is 458 g/mol. The van der Waals surface area contributed by atoms with Crippen molar-refractivity contribution in [3.63, 3.8) is 0 Å². The lowest BCUT2D eigenvalue weighted by Crippen LogP contribution is -2.28. The third-order valence-electron chi connectivity index (χ3n) is 4.20. The Kier molecular flexibility index (Phi) is 5.80. The summed E-state index contributed by atoms with van der Waals surface area (Å²) in [6, 6.07) is 14.4. The Morgan fingerprint density at radius 3 is 2.83 bits per heavy atom. The number of halogens is 2. The highest BCUT2D eigenvalue weighted by Crippen LogP contribution is 2.37. The molecule has 2 heterocycles. The molecule has 1 amide bonds. The quantitative estimate of drug-likeness (QED) is 0.281. The van der Waals surface area contributed by atoms with Crippen molar-refractivity contribution >= 4 is 57.6 Å². The zero-order chi connectivity index (χ0) is 21.3. The molecule has 1 saturated heterocycles. The van der Waals surface area contributed by atoms with Crippen LogP contribution in [0.2, 0.25) is 5.28 Å². The molecule has 1 aliphatic rings. The molecule has 0 spiro atoms. The van der Waals surface area contributed by atoms with E-state index in [-0.39, 0.29) is 17.1 Å². The fourth-order valence-electron chi connectivity index (χ4n) is 2.82. The average Bonchev–Trinajstić information content (AvgIpc) is 2.99. The van der Waals surface area contributed by atoms with Gasteiger partial charge in [-0.3, -0.25) is 9.69 Å². The van der Waals surface area contributed by atoms with Gasteiger partial charge in [-0.2, -0.15) is 9.37 Å². The number of anilines is 1. The number of hydrogen-bond acceptors (Lipinski definition) is 6. The van der Waals surface area contributed by atoms with Gasteiger partial charge in [0.2, 0.25) is 11.1 Å². The molecule has 2 aromatic carbocycles. The maximum atomic E-state index is 13.8. The summed E-state index contributed by atoms with van der Waals surface area (Å²) >= 11 is 12.3. The number of aryl methyl sites for hydroxylation is 1. The SMILES string of the molecule is Cc1ccccc1N1C(=O)/C(=C\c2cccc(Oc3nc(Cl)ncc3F)c2)SC1=S. The van der Waals surface area contributed by atoms with Crippen LogP contribution >= 0.6 is 35.6 Å². The number of nitrogens with zero attached hydrogens (tertiary/aromatic N) is 3. The summed E-state index contributed by atoms with van der Waals surface area (Å²) in [7, 11) is 0. The monoisotopic (exact) mass is 457 g/mol. The summed E-state index contributed by atoms with van der Waals surface area (Å²) in [6.45, 7) is 1.93. The largest absolute Gasteiger partial charge is 0.436 e. The van der Waals surface area contributed by atoms with Gasteiger partial charge >= 0.3 is 0 Å². The molecule has 150 valence electrons. The van der Waals surface area contributed by atoms with Crippen molar-refractivity contribution < 1.29 is 13.9 Å². The highest BCUT2D eigenvalue weighted by atomic mass is 35.5. The maximum absolute atomic E-state index is 13.8. The lowest BCUT2D eigenvalue weighted by atomic mass is 10.1. The fraction of sp³-hybridized carbons (Fsp3) is 0.0476. The summed E-state index contributed by atoms with van der Waals surface area (Å²) in [5.74, 6) is -0.868. The normalized spacial score (nSPS) is 15.2. The van der Waals surface area contributed by atoms with Gasteiger partial charge in [-0.15, -0.1) is 0 Å². The molecular formula is C21H13ClFN3O2S2. The minimum absolute atomic E-state index is 0.123. The molecule has 0 bridgehead atoms. The number of carbonyl (C=O) groups is 1. The minimum atomic E-state index is -0.732. The van der Waals surface area contributed by atoms with E-state index in [9.17, 15) is 9.18 Å². The number of thioether (sulfide) groups is 1. The molecule has 4 rings (SSSR count). The topological polar surface area (TPSA) is 55.3 Å². The van der Waals surface area contributed by atoms with Gasteiger partial charge in [0.25, 0.3) is 11.8 Å². The molecule has 1 fully saturated rings. The number of para-hydroxylation sites is 1. The molecule has 0 unspecified atom stereocenters. The number of aromatic nitrogens is 2. The van der Waals surface area contributed by atoms with E-state index in [0.717, 1.165) is 17.4 Å². The lowest BCUT2D eigenvalue weighted by Gasteiger charge is -2.16. The zero-order valence-corrected chi connectivity index (χ0v) is 17.9. The van der Waals surface area contributed by atoms with E-state index < -0.39 is 5.82 Å². The molecular weight excluding hydrogens is 445 g/mol. The van der Waals surface area contributed by atoms with Crippen LogP contribution in [0.4, 0.5) is 10.1 Å². The van der Waals surface area contributed by atoms with Crippen LogP contribution in [0, 0.1) is 12.7 Å². The Balaban J connectivity index is 1.60. The first kappa shape index (κ1) is 20.5. The van der Waals surface area contributed by atoms with Gasteiger partial charge in [0.1, 0.15) is 5.75 Å². The summed E-state index contributed by atoms with van der Waals surface area (Å²) in [4.78, 5) is 22.3. The molecule has 0 radical (unpaired) electrons. The van der Waals surface area contributed by atoms with E-state index >= 15 is 0 Å². The predicted molar refractivity (Wildman–Crippen MR) is 120 cm³/mol. The minimum Gasteiger partial charge on any atom is -0.436 e. The number of carbonyl (C=O) groups excluding carboxylic acids is 1. The van der Waals surface area contributed by atoms with Crippen LogP contribution in [0.1, 0.15) is 11.1 Å². The second kappa shape index (κ2) is 8.51. The third kappa shape index (κ3) is 4.21. The van der Waals surface area contributed by atoms with Gasteiger partial charge in [0, 0.05) is 0 Å². The van der Waals surface area contributed by atoms with Crippen molar-refractivity contribution in [2.75, 3.05) is 4.90 Å². The molecule has 1 aromatic heterocycles. The first-order valence-corrected chi connectivity index (χ1v) is 10.3. The molecule has 3 aromatic rings. The van der Waals surface area contributed by atoms with Gasteiger partial charge in [0.15, 0.2) is 4.32 Å². The molecule has 0 aliphatic carbocycles. The molecule has 1 aliphatic heterocycles. The van der Waals surface area contributed by atoms with E-state index in [1.54, 1.807) is 30.3 Å². The number of benzene rings is 2. The first-order valence-electron chi connectivity index (χ1n) is 8.72. The van der Waals surface area contributed by atoms with E-state index in [0.29, 0.717) is 20.5 Å². The van der Waals surface area contributed by atoms with Crippen LogP contribution in [0.5, 0.6) is 11.6 Å². The van der Waals surface area contributed by atoms with Crippen molar-refractivity contribution in [1.29, 1.82) is 0 Å². The molecule has 9 heteroatoms. The number of ether oxygens (including phenoxy) is 1. The Morgan fingerprint density at radius 1 is 1.23 bits per heavy atom. The smallest absolute Gasteiger partial charge is 0.270 e. The van der Waals surface area contributed by atoms with Crippen molar-refractivity contribution in [1.82, 2.24) is 9.97 Å². The van der Waals surface area contributed by atoms with Gasteiger partial charge < -0.3 is 4.74 Å². The number of hydrogen-bond donors (Lipinski definition) is 0. The van der Waals surface area contributed by atoms with Gasteiger partial charge in [-0.25, -0.2) is 4.98 Å². The summed E-state index contributed by atoms with van der Waals surface area (Å²) in [5.41, 5.74) is 2.41. The number of rotatable bonds is 4. The lowest BCUT2D eigenvalue weighted by molar-refractivity contribution is -0.113. The van der Waals surface area contributed by atoms with Crippen LogP contribution in [0.3, 0.4) is 0 Å². The van der Waals surface area contributed by atoms with Crippen LogP contribution in [0.25, 0.3) is 6.08 Å². The summed E-state index contributed by atoms with van der Waals surface area (Å²) in [5, 5.41) is -0.123. The van der Waals surface area contributed by atoms with E-state index in [1.165, 1.54) is 16.7 Å². The highest BCUT2D eigenvalue weighted by molar-refractivity contribution is 8.27. The molecule has 5 nitrogen and oxygen atoms in total. The predicted octanol–water partition coefficient (Wildman–Crippen LogP) is 5.78. The Bertz CT molecular complexity index is 1200. The maximum Gasteiger partial charge on any atom is 0.270 e. The fourth-order valence-corrected chi connectivity index (χ4v) is 4.23. The highest BCUT2D eigenvalue weighted by Gasteiger charge is 2.33. The molecule has 30 heavy (non-hydrogen) atoms. The van der Waals surface area contributed by atoms with E-state index in [4.69, 9.17) is 28.6 Å². The van der Waals surface area contributed by atoms with Crippen LogP contribution in [-0.4, -0.2) is 20.2 Å². The Morgan fingerprint density at radius 2 is 2.03 bits per heavy atom. The second-order valence-electron chi connectivity index (χ2n) is 6.27. The van der Waals surface area contributed by atoms with Crippen molar-refractivity contribution in [2.45, 2.75) is 6.92 Å². The first-order chi connectivity index (χ1) is 14.4. The Labute approximate surface area is 186 Å². The van der Waals surface area contributed by atoms with Crippen molar-refractivity contribution in [3.05, 3.63) is 81.9 Å². The zero-order valence-electron chi connectivity index (χ0n) is 15.5. The number of thiocarbonyl (C=S) groups is 1. The van der Waals surface area contributed by atoms with Gasteiger partial charge in [0.05, 0.1) is 16.8 Å². The second-order valence-corrected chi connectivity index (χ2v) is 8.28. The standard InChI is InChI=1S/C21H13ClFN3O2S2/c1-12-5-2-3-8-16(12)26-19(27)17(30-21(26)29)10-13-6-4-7-14(9-13)28-18-15(23)11-24-20(22)25-18/h2-11H,1H3/b17-10+. The Hall–Kier alpha value is -2.81. The summed E-state index contributed by atoms with van der Waals surface area (Å²) < 4.78 is 19.8. The van der Waals surface area contributed by atoms with Crippen LogP contribution < -0.4 is 9.64 Å². The van der Waals surface area contributed by atoms with E-state index in [1.807, 2.05) is 31.2 Å². The molecule has 0 N–H and O–H groups in total. The van der Waals surface area contributed by atoms with Crippen LogP contribution in [0.15, 0.2) is 59.6 Å². The van der Waals surface area contributed by atoms with Crippen LogP contribution in [-0.2, 0) is 4.79 Å². The van der Waals surface area contributed by atoms with Crippen molar-refractivity contribution in [3.8, 4) is 11.6 Å². The van der Waals surface area contributed by atoms with Gasteiger partial charge in [-0.1, -0.05) is 54.3 Å². The molecule has 0 saturated carbocycles. The van der Waals surface area contributed by atoms with Crippen molar-refractivity contribution in [2.24, 2.45) is 0 Å². The van der Waals surface area contributed by atoms with Gasteiger partial charge in [-0.05, 0) is 53.9 Å². The molecule has 0 atom stereocenters. The third-order valence-corrected chi connectivity index (χ3v) is 5.69. The van der Waals surface area contributed by atoms with E-state index in [2.05, 4.69) is 9.97 Å². The summed E-state index contributed by atoms with van der Waals surface area (Å²) in [6.07, 6.45) is 2.65. The number of amides is 1.